The summed E-state index contributed by atoms with van der Waals surface area (Å²) in [6, 6.07) is 11.9. The number of carbonyl (C=O) groups excluding carboxylic acids is 1. The summed E-state index contributed by atoms with van der Waals surface area (Å²) >= 11 is 0. The molecular weight excluding hydrogens is 240 g/mol. The number of hydrogen-bond donors (Lipinski definition) is 0. The van der Waals surface area contributed by atoms with E-state index in [2.05, 4.69) is 5.10 Å². The minimum absolute atomic E-state index is 0.0321. The molecule has 0 radical (unpaired) electrons. The lowest BCUT2D eigenvalue weighted by Crippen LogP contribution is -2.51. The number of carbonyl (C=O) groups is 1. The van der Waals surface area contributed by atoms with E-state index in [4.69, 9.17) is 0 Å². The molecule has 0 aliphatic carbocycles. The van der Waals surface area contributed by atoms with Gasteiger partial charge in [0.2, 0.25) is 0 Å². The molecule has 19 heavy (non-hydrogen) atoms. The van der Waals surface area contributed by atoms with Crippen LogP contribution in [0.4, 0.5) is 0 Å². The molecular formula is C14H16N4O. The molecule has 1 aromatic heterocycles. The van der Waals surface area contributed by atoms with E-state index < -0.39 is 0 Å². The summed E-state index contributed by atoms with van der Waals surface area (Å²) in [5, 5.41) is 8.00. The van der Waals surface area contributed by atoms with Crippen molar-refractivity contribution in [3.8, 4) is 0 Å². The first-order valence-corrected chi connectivity index (χ1v) is 6.21. The van der Waals surface area contributed by atoms with Gasteiger partial charge in [0, 0.05) is 14.1 Å². The van der Waals surface area contributed by atoms with E-state index in [-0.39, 0.29) is 12.1 Å². The molecule has 0 spiro atoms. The van der Waals surface area contributed by atoms with E-state index in [1.807, 2.05) is 55.4 Å². The van der Waals surface area contributed by atoms with Crippen LogP contribution in [0.3, 0.4) is 0 Å². The minimum atomic E-state index is -0.0902. The second kappa shape index (κ2) is 4.20. The van der Waals surface area contributed by atoms with E-state index in [0.29, 0.717) is 5.69 Å². The number of rotatable bonds is 1. The third kappa shape index (κ3) is 1.74. The molecule has 98 valence electrons. The van der Waals surface area contributed by atoms with Gasteiger partial charge in [-0.3, -0.25) is 9.80 Å². The van der Waals surface area contributed by atoms with E-state index in [1.54, 1.807) is 16.7 Å². The quantitative estimate of drug-likeness (QED) is 0.779. The molecule has 1 amide bonds. The van der Waals surface area contributed by atoms with Gasteiger partial charge in [-0.05, 0) is 18.6 Å². The Morgan fingerprint density at radius 3 is 2.53 bits per heavy atom. The van der Waals surface area contributed by atoms with Crippen molar-refractivity contribution in [3.05, 3.63) is 53.3 Å². The van der Waals surface area contributed by atoms with Crippen LogP contribution in [-0.2, 0) is 0 Å². The topological polar surface area (TPSA) is 41.4 Å². The summed E-state index contributed by atoms with van der Waals surface area (Å²) in [5.41, 5.74) is 2.59. The summed E-state index contributed by atoms with van der Waals surface area (Å²) in [6.45, 7) is 1.90. The Hall–Kier alpha value is -2.14. The van der Waals surface area contributed by atoms with Crippen molar-refractivity contribution in [1.82, 2.24) is 19.8 Å². The summed E-state index contributed by atoms with van der Waals surface area (Å²) in [5.74, 6) is -0.0321. The highest BCUT2D eigenvalue weighted by Crippen LogP contribution is 2.29. The highest BCUT2D eigenvalue weighted by molar-refractivity contribution is 5.92. The van der Waals surface area contributed by atoms with Crippen molar-refractivity contribution in [3.63, 3.8) is 0 Å². The molecule has 2 aromatic rings. The predicted molar refractivity (Wildman–Crippen MR) is 71.4 cm³/mol. The Bertz CT molecular complexity index is 620. The van der Waals surface area contributed by atoms with Crippen LogP contribution in [0.5, 0.6) is 0 Å². The van der Waals surface area contributed by atoms with Crippen molar-refractivity contribution < 1.29 is 4.79 Å². The molecule has 1 aliphatic rings. The van der Waals surface area contributed by atoms with Crippen LogP contribution in [0.1, 0.15) is 27.9 Å². The fraction of sp³-hybridized carbons (Fsp3) is 0.286. The zero-order valence-corrected chi connectivity index (χ0v) is 11.2. The molecule has 5 heteroatoms. The molecule has 1 aromatic carbocycles. The van der Waals surface area contributed by atoms with Crippen LogP contribution in [0.2, 0.25) is 0 Å². The number of hydrazine groups is 1. The maximum Gasteiger partial charge on any atom is 0.286 e. The summed E-state index contributed by atoms with van der Waals surface area (Å²) in [7, 11) is 3.68. The first-order chi connectivity index (χ1) is 9.09. The predicted octanol–water partition coefficient (Wildman–Crippen LogP) is 1.67. The number of nitrogens with zero attached hydrogens (tertiary/aromatic N) is 4. The largest absolute Gasteiger partial charge is 0.286 e. The number of aryl methyl sites for hydroxylation is 1. The number of amides is 1. The maximum atomic E-state index is 12.2. The minimum Gasteiger partial charge on any atom is -0.271 e. The van der Waals surface area contributed by atoms with Gasteiger partial charge >= 0.3 is 0 Å². The Kier molecular flexibility index (Phi) is 2.64. The molecule has 1 aliphatic heterocycles. The van der Waals surface area contributed by atoms with Gasteiger partial charge in [0.05, 0.1) is 5.69 Å². The summed E-state index contributed by atoms with van der Waals surface area (Å²) in [6.07, 6.45) is -0.0902. The molecule has 0 saturated heterocycles. The summed E-state index contributed by atoms with van der Waals surface area (Å²) < 4.78 is 1.80. The van der Waals surface area contributed by atoms with Crippen LogP contribution in [0.15, 0.2) is 36.4 Å². The van der Waals surface area contributed by atoms with Gasteiger partial charge in [0.25, 0.3) is 5.91 Å². The monoisotopic (exact) mass is 256 g/mol. The second-order valence-electron chi connectivity index (χ2n) is 4.80. The van der Waals surface area contributed by atoms with Crippen LogP contribution < -0.4 is 0 Å². The van der Waals surface area contributed by atoms with Crippen LogP contribution in [-0.4, -0.2) is 39.8 Å². The van der Waals surface area contributed by atoms with E-state index >= 15 is 0 Å². The third-order valence-corrected chi connectivity index (χ3v) is 3.53. The number of benzene rings is 1. The van der Waals surface area contributed by atoms with E-state index in [9.17, 15) is 4.79 Å². The Labute approximate surface area is 112 Å². The lowest BCUT2D eigenvalue weighted by molar-refractivity contribution is -0.0316. The maximum absolute atomic E-state index is 12.2. The van der Waals surface area contributed by atoms with Crippen molar-refractivity contribution in [2.45, 2.75) is 13.1 Å². The molecule has 0 bridgehead atoms. The smallest absolute Gasteiger partial charge is 0.271 e. The van der Waals surface area contributed by atoms with Gasteiger partial charge in [-0.15, -0.1) is 0 Å². The molecule has 0 saturated carbocycles. The molecule has 1 unspecified atom stereocenters. The van der Waals surface area contributed by atoms with Gasteiger partial charge in [0.15, 0.2) is 0 Å². The second-order valence-corrected chi connectivity index (χ2v) is 4.80. The fourth-order valence-electron chi connectivity index (χ4n) is 2.48. The number of fused-ring (bicyclic) bond motifs is 1. The lowest BCUT2D eigenvalue weighted by atomic mass is 10.1. The van der Waals surface area contributed by atoms with E-state index in [0.717, 1.165) is 11.3 Å². The van der Waals surface area contributed by atoms with Crippen LogP contribution >= 0.6 is 0 Å². The molecule has 0 fully saturated rings. The summed E-state index contributed by atoms with van der Waals surface area (Å²) in [4.78, 5) is 12.2. The van der Waals surface area contributed by atoms with Crippen LogP contribution in [0, 0.1) is 6.92 Å². The van der Waals surface area contributed by atoms with E-state index in [1.165, 1.54) is 0 Å². The van der Waals surface area contributed by atoms with Crippen molar-refractivity contribution in [2.75, 3.05) is 14.1 Å². The van der Waals surface area contributed by atoms with Crippen LogP contribution in [0.25, 0.3) is 0 Å². The zero-order chi connectivity index (χ0) is 13.6. The van der Waals surface area contributed by atoms with Crippen molar-refractivity contribution in [2.24, 2.45) is 0 Å². The lowest BCUT2D eigenvalue weighted by Gasteiger charge is -2.40. The van der Waals surface area contributed by atoms with Crippen molar-refractivity contribution >= 4 is 5.91 Å². The SMILES string of the molecule is Cc1cc2n(n1)C(c1ccccc1)N(C)N(C)C2=O. The van der Waals surface area contributed by atoms with Gasteiger partial charge in [-0.2, -0.15) is 10.1 Å². The molecule has 0 N–H and O–H groups in total. The molecule has 2 heterocycles. The highest BCUT2D eigenvalue weighted by atomic mass is 16.2. The van der Waals surface area contributed by atoms with Gasteiger partial charge < -0.3 is 0 Å². The van der Waals surface area contributed by atoms with Gasteiger partial charge in [0.1, 0.15) is 11.9 Å². The van der Waals surface area contributed by atoms with Gasteiger partial charge in [-0.1, -0.05) is 30.3 Å². The first-order valence-electron chi connectivity index (χ1n) is 6.21. The van der Waals surface area contributed by atoms with Crippen molar-refractivity contribution in [1.29, 1.82) is 0 Å². The zero-order valence-electron chi connectivity index (χ0n) is 11.2. The fourth-order valence-corrected chi connectivity index (χ4v) is 2.48. The highest BCUT2D eigenvalue weighted by Gasteiger charge is 2.35. The Balaban J connectivity index is 2.18. The average molecular weight is 256 g/mol. The first kappa shape index (κ1) is 11.9. The van der Waals surface area contributed by atoms with Gasteiger partial charge in [-0.25, -0.2) is 4.68 Å². The third-order valence-electron chi connectivity index (χ3n) is 3.53. The molecule has 5 nitrogen and oxygen atoms in total. The average Bonchev–Trinajstić information content (AvgIpc) is 2.79. The normalized spacial score (nSPS) is 19.6. The molecule has 1 atom stereocenters. The number of aromatic nitrogens is 2. The number of hydrogen-bond acceptors (Lipinski definition) is 3. The Morgan fingerprint density at radius 1 is 1.16 bits per heavy atom. The standard InChI is InChI=1S/C14H16N4O/c1-10-9-12-14(19)17(3)16(2)13(18(12)15-10)11-7-5-4-6-8-11/h4-9,13H,1-3H3. The molecule has 3 rings (SSSR count). The Morgan fingerprint density at radius 2 is 1.84 bits per heavy atom.